The van der Waals surface area contributed by atoms with Crippen molar-refractivity contribution < 1.29 is 4.79 Å². The third-order valence-corrected chi connectivity index (χ3v) is 4.85. The van der Waals surface area contributed by atoms with Crippen LogP contribution in [0.4, 0.5) is 10.5 Å². The maximum atomic E-state index is 12.0. The molecule has 1 fully saturated rings. The number of carbonyl (C=O) groups excluding carboxylic acids is 1. The van der Waals surface area contributed by atoms with Crippen molar-refractivity contribution in [2.24, 2.45) is 5.92 Å². The predicted molar refractivity (Wildman–Crippen MR) is 103 cm³/mol. The summed E-state index contributed by atoms with van der Waals surface area (Å²) in [5.41, 5.74) is 2.13. The van der Waals surface area contributed by atoms with Crippen LogP contribution in [-0.2, 0) is 6.42 Å². The number of nitrogens with one attached hydrogen (secondary N) is 3. The molecule has 3 N–H and O–H groups in total. The Morgan fingerprint density at radius 1 is 1.08 bits per heavy atom. The Hall–Kier alpha value is -2.04. The number of amides is 2. The van der Waals surface area contributed by atoms with Gasteiger partial charge in [-0.05, 0) is 61.6 Å². The molecule has 1 saturated heterocycles. The second-order valence-corrected chi connectivity index (χ2v) is 7.02. The van der Waals surface area contributed by atoms with Crippen molar-refractivity contribution in [2.45, 2.75) is 25.3 Å². The molecule has 0 radical (unpaired) electrons. The summed E-state index contributed by atoms with van der Waals surface area (Å²) in [6.07, 6.45) is 3.39. The fourth-order valence-corrected chi connectivity index (χ4v) is 3.32. The molecule has 0 unspecified atom stereocenters. The molecule has 4 nitrogen and oxygen atoms in total. The Kier molecular flexibility index (Phi) is 6.31. The summed E-state index contributed by atoms with van der Waals surface area (Å²) in [4.78, 5) is 12.0. The summed E-state index contributed by atoms with van der Waals surface area (Å²) in [7, 11) is 0. The van der Waals surface area contributed by atoms with Crippen molar-refractivity contribution in [1.82, 2.24) is 10.6 Å². The van der Waals surface area contributed by atoms with E-state index < -0.39 is 0 Å². The highest BCUT2D eigenvalue weighted by Gasteiger charge is 2.21. The summed E-state index contributed by atoms with van der Waals surface area (Å²) in [6.45, 7) is 1.64. The van der Waals surface area contributed by atoms with E-state index in [-0.39, 0.29) is 6.03 Å². The first kappa shape index (κ1) is 17.8. The number of hydrogen-bond donors (Lipinski definition) is 3. The van der Waals surface area contributed by atoms with Crippen LogP contribution in [-0.4, -0.2) is 25.2 Å². The van der Waals surface area contributed by atoms with Crippen molar-refractivity contribution in [3.05, 3.63) is 65.2 Å². The average molecular weight is 358 g/mol. The first-order chi connectivity index (χ1) is 12.2. The van der Waals surface area contributed by atoms with E-state index >= 15 is 0 Å². The number of halogens is 1. The number of carbonyl (C=O) groups is 1. The van der Waals surface area contributed by atoms with Crippen molar-refractivity contribution in [1.29, 1.82) is 0 Å². The zero-order valence-electron chi connectivity index (χ0n) is 14.2. The lowest BCUT2D eigenvalue weighted by atomic mass is 9.89. The minimum atomic E-state index is -0.185. The molecule has 3 rings (SSSR count). The molecule has 2 atom stereocenters. The van der Waals surface area contributed by atoms with Gasteiger partial charge in [-0.3, -0.25) is 0 Å². The van der Waals surface area contributed by atoms with Gasteiger partial charge in [0.05, 0.1) is 0 Å². The Labute approximate surface area is 154 Å². The molecule has 1 heterocycles. The van der Waals surface area contributed by atoms with Gasteiger partial charge in [0.15, 0.2) is 0 Å². The van der Waals surface area contributed by atoms with Gasteiger partial charge in [-0.1, -0.05) is 41.9 Å². The van der Waals surface area contributed by atoms with Crippen molar-refractivity contribution in [2.75, 3.05) is 18.4 Å². The van der Waals surface area contributed by atoms with Crippen LogP contribution >= 0.6 is 11.6 Å². The Morgan fingerprint density at radius 2 is 1.84 bits per heavy atom. The number of benzene rings is 2. The molecule has 5 heteroatoms. The maximum absolute atomic E-state index is 12.0. The van der Waals surface area contributed by atoms with Gasteiger partial charge in [0.25, 0.3) is 0 Å². The van der Waals surface area contributed by atoms with Gasteiger partial charge in [-0.25, -0.2) is 4.79 Å². The molecule has 0 saturated carbocycles. The summed E-state index contributed by atoms with van der Waals surface area (Å²) >= 11 is 5.84. The lowest BCUT2D eigenvalue weighted by Gasteiger charge is -2.30. The topological polar surface area (TPSA) is 53.2 Å². The predicted octanol–water partition coefficient (Wildman–Crippen LogP) is 4.07. The standard InChI is InChI=1S/C20H24ClN3O/c21-17-7-10-18(11-8-17)24-20(25)23-14-19-9-6-16(13-22-19)12-15-4-2-1-3-5-15/h1-5,7-8,10-11,16,19,22H,6,9,12-14H2,(H2,23,24,25)/t16-,19-/m0/s1. The first-order valence-electron chi connectivity index (χ1n) is 8.77. The van der Waals surface area contributed by atoms with E-state index in [9.17, 15) is 4.79 Å². The van der Waals surface area contributed by atoms with E-state index in [0.717, 1.165) is 25.1 Å². The molecule has 25 heavy (non-hydrogen) atoms. The number of rotatable bonds is 5. The van der Waals surface area contributed by atoms with Gasteiger partial charge in [0.2, 0.25) is 0 Å². The summed E-state index contributed by atoms with van der Waals surface area (Å²) in [5.74, 6) is 0.668. The molecule has 132 valence electrons. The quantitative estimate of drug-likeness (QED) is 0.755. The third-order valence-electron chi connectivity index (χ3n) is 4.60. The summed E-state index contributed by atoms with van der Waals surface area (Å²) in [6, 6.07) is 17.9. The molecular weight excluding hydrogens is 334 g/mol. The zero-order chi connectivity index (χ0) is 17.5. The van der Waals surface area contributed by atoms with E-state index in [1.54, 1.807) is 24.3 Å². The highest BCUT2D eigenvalue weighted by Crippen LogP contribution is 2.19. The van der Waals surface area contributed by atoms with Crippen molar-refractivity contribution in [3.8, 4) is 0 Å². The van der Waals surface area contributed by atoms with Crippen molar-refractivity contribution in [3.63, 3.8) is 0 Å². The fraction of sp³-hybridized carbons (Fsp3) is 0.350. The van der Waals surface area contributed by atoms with Gasteiger partial charge in [0, 0.05) is 23.3 Å². The number of anilines is 1. The summed E-state index contributed by atoms with van der Waals surface area (Å²) in [5, 5.41) is 9.96. The van der Waals surface area contributed by atoms with Crippen molar-refractivity contribution >= 4 is 23.3 Å². The van der Waals surface area contributed by atoms with E-state index in [4.69, 9.17) is 11.6 Å². The number of piperidine rings is 1. The monoisotopic (exact) mass is 357 g/mol. The lowest BCUT2D eigenvalue weighted by Crippen LogP contribution is -2.47. The highest BCUT2D eigenvalue weighted by atomic mass is 35.5. The van der Waals surface area contributed by atoms with Gasteiger partial charge in [-0.15, -0.1) is 0 Å². The average Bonchev–Trinajstić information content (AvgIpc) is 2.64. The summed E-state index contributed by atoms with van der Waals surface area (Å²) < 4.78 is 0. The van der Waals surface area contributed by atoms with E-state index in [1.165, 1.54) is 12.0 Å². The zero-order valence-corrected chi connectivity index (χ0v) is 14.9. The number of hydrogen-bond acceptors (Lipinski definition) is 2. The molecule has 0 aliphatic carbocycles. The van der Waals surface area contributed by atoms with Crippen LogP contribution in [0, 0.1) is 5.92 Å². The van der Waals surface area contributed by atoms with Crippen LogP contribution < -0.4 is 16.0 Å². The van der Waals surface area contributed by atoms with E-state index in [2.05, 4.69) is 46.3 Å². The molecule has 2 aromatic rings. The van der Waals surface area contributed by atoms with Crippen LogP contribution in [0.5, 0.6) is 0 Å². The fourth-order valence-electron chi connectivity index (χ4n) is 3.19. The molecule has 2 aromatic carbocycles. The molecule has 1 aliphatic heterocycles. The second-order valence-electron chi connectivity index (χ2n) is 6.58. The third kappa shape index (κ3) is 5.76. The van der Waals surface area contributed by atoms with Crippen LogP contribution in [0.25, 0.3) is 0 Å². The Morgan fingerprint density at radius 3 is 2.52 bits per heavy atom. The SMILES string of the molecule is O=C(NC[C@@H]1CC[C@@H](Cc2ccccc2)CN1)Nc1ccc(Cl)cc1. The molecule has 0 aromatic heterocycles. The van der Waals surface area contributed by atoms with Gasteiger partial charge in [0.1, 0.15) is 0 Å². The molecule has 2 amide bonds. The minimum Gasteiger partial charge on any atom is -0.336 e. The molecule has 0 bridgehead atoms. The second kappa shape index (κ2) is 8.88. The highest BCUT2D eigenvalue weighted by molar-refractivity contribution is 6.30. The molecular formula is C20H24ClN3O. The van der Waals surface area contributed by atoms with E-state index in [1.807, 2.05) is 0 Å². The first-order valence-corrected chi connectivity index (χ1v) is 9.14. The van der Waals surface area contributed by atoms with Gasteiger partial charge >= 0.3 is 6.03 Å². The lowest BCUT2D eigenvalue weighted by molar-refractivity contribution is 0.247. The molecule has 0 spiro atoms. The largest absolute Gasteiger partial charge is 0.336 e. The molecule has 1 aliphatic rings. The minimum absolute atomic E-state index is 0.185. The normalized spacial score (nSPS) is 20.0. The Bertz CT molecular complexity index is 667. The van der Waals surface area contributed by atoms with Crippen LogP contribution in [0.15, 0.2) is 54.6 Å². The smallest absolute Gasteiger partial charge is 0.319 e. The van der Waals surface area contributed by atoms with Gasteiger partial charge < -0.3 is 16.0 Å². The van der Waals surface area contributed by atoms with Crippen LogP contribution in [0.1, 0.15) is 18.4 Å². The number of urea groups is 1. The maximum Gasteiger partial charge on any atom is 0.319 e. The van der Waals surface area contributed by atoms with Crippen LogP contribution in [0.3, 0.4) is 0 Å². The van der Waals surface area contributed by atoms with Gasteiger partial charge in [-0.2, -0.15) is 0 Å². The van der Waals surface area contributed by atoms with E-state index in [0.29, 0.717) is 23.5 Å². The van der Waals surface area contributed by atoms with Crippen LogP contribution in [0.2, 0.25) is 5.02 Å². The Balaban J connectivity index is 1.36.